The average molecular weight is 182 g/mol. The molecule has 1 heterocycles. The summed E-state index contributed by atoms with van der Waals surface area (Å²) < 4.78 is 0. The van der Waals surface area contributed by atoms with Crippen molar-refractivity contribution in [3.63, 3.8) is 0 Å². The fourth-order valence-corrected chi connectivity index (χ4v) is 0.986. The highest BCUT2D eigenvalue weighted by Gasteiger charge is 2.10. The predicted octanol–water partition coefficient (Wildman–Crippen LogP) is 2.80. The highest BCUT2D eigenvalue weighted by atomic mass is 35.5. The fraction of sp³-hybridized carbons (Fsp3) is 0.375. The van der Waals surface area contributed by atoms with Crippen LogP contribution in [0.3, 0.4) is 0 Å². The van der Waals surface area contributed by atoms with Crippen LogP contribution in [0, 0.1) is 6.57 Å². The van der Waals surface area contributed by atoms with Gasteiger partial charge in [0.05, 0.1) is 11.9 Å². The summed E-state index contributed by atoms with van der Waals surface area (Å²) in [4.78, 5) is 11.1. The van der Waals surface area contributed by atoms with Crippen LogP contribution >= 0.6 is 11.6 Å². The molecule has 0 radical (unpaired) electrons. The van der Waals surface area contributed by atoms with Crippen LogP contribution in [0.15, 0.2) is 6.20 Å². The van der Waals surface area contributed by atoms with Gasteiger partial charge in [-0.25, -0.2) is 0 Å². The van der Waals surface area contributed by atoms with Crippen LogP contribution < -0.4 is 0 Å². The van der Waals surface area contributed by atoms with E-state index in [4.69, 9.17) is 18.2 Å². The molecule has 0 fully saturated rings. The maximum atomic E-state index is 6.84. The molecular weight excluding hydrogens is 174 g/mol. The molecule has 62 valence electrons. The normalized spacial score (nSPS) is 9.92. The van der Waals surface area contributed by atoms with E-state index < -0.39 is 0 Å². The zero-order valence-corrected chi connectivity index (χ0v) is 7.63. The molecule has 1 rings (SSSR count). The van der Waals surface area contributed by atoms with E-state index in [0.717, 1.165) is 0 Å². The van der Waals surface area contributed by atoms with Crippen molar-refractivity contribution in [3.8, 4) is 0 Å². The van der Waals surface area contributed by atoms with Gasteiger partial charge in [0, 0.05) is 0 Å². The van der Waals surface area contributed by atoms with E-state index in [9.17, 15) is 0 Å². The monoisotopic (exact) mass is 181 g/mol. The largest absolute Gasteiger partial charge is 0.359 e. The SMILES string of the molecule is [C-]#[N+]c1nc(Cl)cnc1C(C)C. The Morgan fingerprint density at radius 1 is 1.58 bits per heavy atom. The molecule has 0 N–H and O–H groups in total. The molecule has 0 amide bonds. The molecule has 0 saturated carbocycles. The quantitative estimate of drug-likeness (QED) is 0.624. The molecular formula is C8H8ClN3. The molecule has 0 aromatic carbocycles. The van der Waals surface area contributed by atoms with Crippen LogP contribution in [0.25, 0.3) is 4.85 Å². The Morgan fingerprint density at radius 2 is 2.25 bits per heavy atom. The summed E-state index contributed by atoms with van der Waals surface area (Å²) in [7, 11) is 0. The minimum atomic E-state index is 0.207. The third-order valence-electron chi connectivity index (χ3n) is 1.40. The van der Waals surface area contributed by atoms with Crippen molar-refractivity contribution in [2.75, 3.05) is 0 Å². The number of hydrogen-bond acceptors (Lipinski definition) is 2. The third-order valence-corrected chi connectivity index (χ3v) is 1.59. The van der Waals surface area contributed by atoms with E-state index >= 15 is 0 Å². The van der Waals surface area contributed by atoms with Gasteiger partial charge in [-0.3, -0.25) is 4.98 Å². The van der Waals surface area contributed by atoms with Crippen molar-refractivity contribution in [2.45, 2.75) is 19.8 Å². The first-order chi connectivity index (χ1) is 5.65. The van der Waals surface area contributed by atoms with E-state index in [1.807, 2.05) is 13.8 Å². The van der Waals surface area contributed by atoms with Crippen LogP contribution in [-0.2, 0) is 0 Å². The summed E-state index contributed by atoms with van der Waals surface area (Å²) in [6.07, 6.45) is 1.46. The molecule has 0 bridgehead atoms. The lowest BCUT2D eigenvalue weighted by atomic mass is 10.1. The molecule has 0 spiro atoms. The fourth-order valence-electron chi connectivity index (χ4n) is 0.857. The minimum Gasteiger partial charge on any atom is -0.359 e. The molecule has 3 nitrogen and oxygen atoms in total. The van der Waals surface area contributed by atoms with E-state index in [1.165, 1.54) is 6.20 Å². The number of hydrogen-bond donors (Lipinski definition) is 0. The van der Waals surface area contributed by atoms with Gasteiger partial charge in [-0.2, -0.15) is 0 Å². The Bertz CT molecular complexity index is 328. The average Bonchev–Trinajstić information content (AvgIpc) is 2.03. The van der Waals surface area contributed by atoms with E-state index in [0.29, 0.717) is 11.5 Å². The highest BCUT2D eigenvalue weighted by molar-refractivity contribution is 6.29. The van der Waals surface area contributed by atoms with E-state index in [-0.39, 0.29) is 11.1 Å². The summed E-state index contributed by atoms with van der Waals surface area (Å²) in [5.41, 5.74) is 0.703. The Morgan fingerprint density at radius 3 is 2.75 bits per heavy atom. The Kier molecular flexibility index (Phi) is 2.61. The van der Waals surface area contributed by atoms with Crippen LogP contribution in [0.5, 0.6) is 0 Å². The van der Waals surface area contributed by atoms with Gasteiger partial charge in [-0.05, 0) is 17.5 Å². The molecule has 0 aliphatic carbocycles. The van der Waals surface area contributed by atoms with Gasteiger partial charge in [0.1, 0.15) is 0 Å². The van der Waals surface area contributed by atoms with Gasteiger partial charge in [0.15, 0.2) is 0 Å². The molecule has 0 unspecified atom stereocenters. The molecule has 1 aromatic rings. The predicted molar refractivity (Wildman–Crippen MR) is 47.4 cm³/mol. The van der Waals surface area contributed by atoms with Crippen molar-refractivity contribution in [1.82, 2.24) is 9.97 Å². The standard InChI is InChI=1S/C8H8ClN3/c1-5(2)7-8(10-3)12-6(9)4-11-7/h4-5H,1-2H3. The zero-order chi connectivity index (χ0) is 9.14. The van der Waals surface area contributed by atoms with Crippen LogP contribution in [0.1, 0.15) is 25.5 Å². The van der Waals surface area contributed by atoms with Crippen LogP contribution in [-0.4, -0.2) is 9.97 Å². The smallest absolute Gasteiger partial charge is 0.293 e. The number of rotatable bonds is 1. The summed E-state index contributed by atoms with van der Waals surface area (Å²) in [6, 6.07) is 0. The zero-order valence-electron chi connectivity index (χ0n) is 6.87. The van der Waals surface area contributed by atoms with Crippen LogP contribution in [0.4, 0.5) is 5.82 Å². The molecule has 0 aliphatic heterocycles. The molecule has 0 aliphatic rings. The summed E-state index contributed by atoms with van der Waals surface area (Å²) in [5.74, 6) is 0.511. The molecule has 12 heavy (non-hydrogen) atoms. The second-order valence-electron chi connectivity index (χ2n) is 2.67. The van der Waals surface area contributed by atoms with Crippen LogP contribution in [0.2, 0.25) is 5.15 Å². The number of halogens is 1. The van der Waals surface area contributed by atoms with Crippen molar-refractivity contribution in [1.29, 1.82) is 0 Å². The van der Waals surface area contributed by atoms with Crippen molar-refractivity contribution >= 4 is 17.4 Å². The van der Waals surface area contributed by atoms with Gasteiger partial charge in [-0.1, -0.05) is 20.4 Å². The van der Waals surface area contributed by atoms with Gasteiger partial charge in [0.25, 0.3) is 5.82 Å². The molecule has 0 saturated heterocycles. The Labute approximate surface area is 76.2 Å². The molecule has 4 heteroatoms. The first-order valence-corrected chi connectivity index (χ1v) is 3.93. The maximum Gasteiger partial charge on any atom is 0.293 e. The topological polar surface area (TPSA) is 30.1 Å². The maximum absolute atomic E-state index is 6.84. The van der Waals surface area contributed by atoms with Crippen molar-refractivity contribution < 1.29 is 0 Å². The second-order valence-corrected chi connectivity index (χ2v) is 3.06. The first kappa shape index (κ1) is 8.95. The number of nitrogens with zero attached hydrogens (tertiary/aromatic N) is 3. The Hall–Kier alpha value is -1.14. The second kappa shape index (κ2) is 3.51. The lowest BCUT2D eigenvalue weighted by Crippen LogP contribution is -1.94. The minimum absolute atomic E-state index is 0.207. The van der Waals surface area contributed by atoms with Crippen molar-refractivity contribution in [3.05, 3.63) is 28.5 Å². The van der Waals surface area contributed by atoms with Gasteiger partial charge < -0.3 is 4.85 Å². The lowest BCUT2D eigenvalue weighted by molar-refractivity contribution is 0.819. The Balaban J connectivity index is 3.23. The van der Waals surface area contributed by atoms with Gasteiger partial charge >= 0.3 is 0 Å². The summed E-state index contributed by atoms with van der Waals surface area (Å²) in [6.45, 7) is 10.8. The number of aromatic nitrogens is 2. The van der Waals surface area contributed by atoms with Gasteiger partial charge in [-0.15, -0.1) is 4.98 Å². The molecule has 1 aromatic heterocycles. The van der Waals surface area contributed by atoms with E-state index in [1.54, 1.807) is 0 Å². The summed E-state index contributed by atoms with van der Waals surface area (Å²) >= 11 is 5.58. The lowest BCUT2D eigenvalue weighted by Gasteiger charge is -2.04. The van der Waals surface area contributed by atoms with Crippen molar-refractivity contribution in [2.24, 2.45) is 0 Å². The third kappa shape index (κ3) is 1.72. The molecule has 0 atom stereocenters. The first-order valence-electron chi connectivity index (χ1n) is 3.55. The summed E-state index contributed by atoms with van der Waals surface area (Å²) in [5, 5.41) is 0.269. The van der Waals surface area contributed by atoms with Gasteiger partial charge in [0.2, 0.25) is 5.15 Å². The van der Waals surface area contributed by atoms with E-state index in [2.05, 4.69) is 14.8 Å². The highest BCUT2D eigenvalue weighted by Crippen LogP contribution is 2.23.